The maximum atomic E-state index is 6.05. The van der Waals surface area contributed by atoms with Crippen molar-refractivity contribution >= 4 is 5.69 Å². The van der Waals surface area contributed by atoms with Crippen LogP contribution in [0.3, 0.4) is 0 Å². The molecule has 2 atom stereocenters. The van der Waals surface area contributed by atoms with Gasteiger partial charge in [0.05, 0.1) is 0 Å². The van der Waals surface area contributed by atoms with Crippen LogP contribution in [0.2, 0.25) is 0 Å². The van der Waals surface area contributed by atoms with Crippen molar-refractivity contribution in [3.05, 3.63) is 23.8 Å². The van der Waals surface area contributed by atoms with E-state index in [0.29, 0.717) is 12.0 Å². The summed E-state index contributed by atoms with van der Waals surface area (Å²) in [6, 6.07) is 5.96. The van der Waals surface area contributed by atoms with E-state index in [2.05, 4.69) is 13.0 Å². The van der Waals surface area contributed by atoms with E-state index in [1.165, 1.54) is 31.2 Å². The number of hydrogen-bond acceptors (Lipinski definition) is 2. The summed E-state index contributed by atoms with van der Waals surface area (Å²) in [5, 5.41) is 0. The number of aryl methyl sites for hydroxylation is 1. The first kappa shape index (κ1) is 11.3. The Morgan fingerprint density at radius 3 is 2.62 bits per heavy atom. The molecule has 0 heterocycles. The Balaban J connectivity index is 2.07. The lowest BCUT2D eigenvalue weighted by Gasteiger charge is -2.29. The van der Waals surface area contributed by atoms with Gasteiger partial charge < -0.3 is 10.5 Å². The van der Waals surface area contributed by atoms with Crippen LogP contribution in [0.1, 0.15) is 38.2 Å². The molecule has 2 N–H and O–H groups in total. The molecule has 16 heavy (non-hydrogen) atoms. The summed E-state index contributed by atoms with van der Waals surface area (Å²) in [5.74, 6) is 1.59. The zero-order valence-electron chi connectivity index (χ0n) is 10.2. The van der Waals surface area contributed by atoms with Crippen LogP contribution in [0, 0.1) is 12.8 Å². The van der Waals surface area contributed by atoms with Gasteiger partial charge in [-0.25, -0.2) is 0 Å². The number of rotatable bonds is 2. The molecule has 0 amide bonds. The van der Waals surface area contributed by atoms with Gasteiger partial charge in [-0.15, -0.1) is 0 Å². The van der Waals surface area contributed by atoms with Gasteiger partial charge in [0.1, 0.15) is 11.9 Å². The van der Waals surface area contributed by atoms with Crippen LogP contribution < -0.4 is 10.5 Å². The summed E-state index contributed by atoms with van der Waals surface area (Å²) in [6.45, 7) is 4.33. The predicted octanol–water partition coefficient (Wildman–Crippen LogP) is 3.53. The summed E-state index contributed by atoms with van der Waals surface area (Å²) in [7, 11) is 0. The minimum Gasteiger partial charge on any atom is -0.490 e. The topological polar surface area (TPSA) is 35.2 Å². The highest BCUT2D eigenvalue weighted by Gasteiger charge is 2.22. The summed E-state index contributed by atoms with van der Waals surface area (Å²) < 4.78 is 6.05. The van der Waals surface area contributed by atoms with Gasteiger partial charge in [-0.05, 0) is 49.8 Å². The highest BCUT2D eigenvalue weighted by molar-refractivity contribution is 5.47. The fourth-order valence-electron chi connectivity index (χ4n) is 2.48. The van der Waals surface area contributed by atoms with E-state index in [1.807, 2.05) is 19.1 Å². The third-order valence-electron chi connectivity index (χ3n) is 3.39. The number of hydrogen-bond donors (Lipinski definition) is 1. The van der Waals surface area contributed by atoms with Crippen LogP contribution >= 0.6 is 0 Å². The quantitative estimate of drug-likeness (QED) is 0.772. The lowest BCUT2D eigenvalue weighted by atomic mass is 9.88. The first-order chi connectivity index (χ1) is 7.65. The Kier molecular flexibility index (Phi) is 3.37. The molecule has 0 bridgehead atoms. The molecule has 0 spiro atoms. The van der Waals surface area contributed by atoms with Gasteiger partial charge in [0.2, 0.25) is 0 Å². The second-order valence-electron chi connectivity index (χ2n) is 5.00. The molecular formula is C14H21NO. The first-order valence-corrected chi connectivity index (χ1v) is 6.19. The number of nitrogens with two attached hydrogens (primary N) is 1. The van der Waals surface area contributed by atoms with E-state index in [9.17, 15) is 0 Å². The molecule has 0 aromatic heterocycles. The molecule has 2 unspecified atom stereocenters. The molecule has 1 saturated carbocycles. The Hall–Kier alpha value is -1.18. The van der Waals surface area contributed by atoms with Crippen molar-refractivity contribution < 1.29 is 4.74 Å². The fourth-order valence-corrected chi connectivity index (χ4v) is 2.48. The van der Waals surface area contributed by atoms with Gasteiger partial charge in [-0.2, -0.15) is 0 Å². The zero-order valence-corrected chi connectivity index (χ0v) is 10.2. The van der Waals surface area contributed by atoms with Crippen molar-refractivity contribution in [2.45, 2.75) is 45.6 Å². The number of anilines is 1. The third kappa shape index (κ3) is 2.69. The predicted molar refractivity (Wildman–Crippen MR) is 67.6 cm³/mol. The van der Waals surface area contributed by atoms with Gasteiger partial charge in [0, 0.05) is 11.8 Å². The summed E-state index contributed by atoms with van der Waals surface area (Å²) in [6.07, 6.45) is 5.46. The fraction of sp³-hybridized carbons (Fsp3) is 0.571. The SMILES string of the molecule is Cc1cc(N)cc(OC2CCCCC2C)c1. The molecule has 0 saturated heterocycles. The highest BCUT2D eigenvalue weighted by atomic mass is 16.5. The van der Waals surface area contributed by atoms with E-state index in [1.54, 1.807) is 0 Å². The van der Waals surface area contributed by atoms with Gasteiger partial charge in [0.15, 0.2) is 0 Å². The van der Waals surface area contributed by atoms with Crippen molar-refractivity contribution in [3.63, 3.8) is 0 Å². The summed E-state index contributed by atoms with van der Waals surface area (Å²) >= 11 is 0. The van der Waals surface area contributed by atoms with Gasteiger partial charge >= 0.3 is 0 Å². The molecule has 1 aliphatic rings. The van der Waals surface area contributed by atoms with Crippen LogP contribution in [-0.4, -0.2) is 6.10 Å². The van der Waals surface area contributed by atoms with Gasteiger partial charge in [-0.3, -0.25) is 0 Å². The van der Waals surface area contributed by atoms with Crippen molar-refractivity contribution in [2.24, 2.45) is 5.92 Å². The van der Waals surface area contributed by atoms with Crippen molar-refractivity contribution in [3.8, 4) is 5.75 Å². The smallest absolute Gasteiger partial charge is 0.122 e. The summed E-state index contributed by atoms with van der Waals surface area (Å²) in [5.41, 5.74) is 7.77. The van der Waals surface area contributed by atoms with E-state index in [0.717, 1.165) is 11.4 Å². The summed E-state index contributed by atoms with van der Waals surface area (Å²) in [4.78, 5) is 0. The van der Waals surface area contributed by atoms with Crippen molar-refractivity contribution in [2.75, 3.05) is 5.73 Å². The van der Waals surface area contributed by atoms with Crippen LogP contribution in [0.25, 0.3) is 0 Å². The normalized spacial score (nSPS) is 25.4. The lowest BCUT2D eigenvalue weighted by molar-refractivity contribution is 0.102. The van der Waals surface area contributed by atoms with Crippen LogP contribution in [0.15, 0.2) is 18.2 Å². The second-order valence-corrected chi connectivity index (χ2v) is 5.00. The Labute approximate surface area is 97.8 Å². The minimum atomic E-state index is 0.370. The van der Waals surface area contributed by atoms with E-state index in [-0.39, 0.29) is 0 Å². The van der Waals surface area contributed by atoms with Crippen molar-refractivity contribution in [1.29, 1.82) is 0 Å². The Bertz CT molecular complexity index is 342. The Morgan fingerprint density at radius 1 is 1.19 bits per heavy atom. The Morgan fingerprint density at radius 2 is 1.94 bits per heavy atom. The first-order valence-electron chi connectivity index (χ1n) is 6.19. The monoisotopic (exact) mass is 219 g/mol. The van der Waals surface area contributed by atoms with E-state index < -0.39 is 0 Å². The molecular weight excluding hydrogens is 198 g/mol. The molecule has 2 heteroatoms. The average molecular weight is 219 g/mol. The molecule has 0 radical (unpaired) electrons. The molecule has 1 aromatic rings. The maximum Gasteiger partial charge on any atom is 0.122 e. The van der Waals surface area contributed by atoms with E-state index in [4.69, 9.17) is 10.5 Å². The van der Waals surface area contributed by atoms with Crippen LogP contribution in [-0.2, 0) is 0 Å². The molecule has 2 nitrogen and oxygen atoms in total. The van der Waals surface area contributed by atoms with Gasteiger partial charge in [-0.1, -0.05) is 13.3 Å². The molecule has 0 aliphatic heterocycles. The highest BCUT2D eigenvalue weighted by Crippen LogP contribution is 2.29. The molecule has 1 fully saturated rings. The van der Waals surface area contributed by atoms with Crippen molar-refractivity contribution in [1.82, 2.24) is 0 Å². The van der Waals surface area contributed by atoms with Crippen LogP contribution in [0.5, 0.6) is 5.75 Å². The van der Waals surface area contributed by atoms with Gasteiger partial charge in [0.25, 0.3) is 0 Å². The minimum absolute atomic E-state index is 0.370. The average Bonchev–Trinajstić information content (AvgIpc) is 2.20. The molecule has 2 rings (SSSR count). The third-order valence-corrected chi connectivity index (χ3v) is 3.39. The number of benzene rings is 1. The standard InChI is InChI=1S/C14H21NO/c1-10-7-12(15)9-13(8-10)16-14-6-4-3-5-11(14)2/h7-9,11,14H,3-6,15H2,1-2H3. The number of nitrogen functional groups attached to an aromatic ring is 1. The zero-order chi connectivity index (χ0) is 11.5. The molecule has 1 aliphatic carbocycles. The lowest BCUT2D eigenvalue weighted by Crippen LogP contribution is -2.28. The molecule has 88 valence electrons. The maximum absolute atomic E-state index is 6.05. The number of ether oxygens (including phenoxy) is 1. The largest absolute Gasteiger partial charge is 0.490 e. The second kappa shape index (κ2) is 4.77. The van der Waals surface area contributed by atoms with Crippen LogP contribution in [0.4, 0.5) is 5.69 Å². The van der Waals surface area contributed by atoms with E-state index >= 15 is 0 Å². The molecule has 1 aromatic carbocycles.